The van der Waals surface area contributed by atoms with Crippen LogP contribution in [0.15, 0.2) is 12.2 Å². The van der Waals surface area contributed by atoms with Crippen molar-refractivity contribution in [3.63, 3.8) is 0 Å². The first-order valence-corrected chi connectivity index (χ1v) is 11.6. The largest absolute Gasteiger partial charge is 0.870 e. The molecule has 4 unspecified atom stereocenters. The Balaban J connectivity index is 0.00000841. The highest BCUT2D eigenvalue weighted by Crippen LogP contribution is 2.14. The van der Waals surface area contributed by atoms with Gasteiger partial charge in [0.2, 0.25) is 0 Å². The standard InChI is InChI=1S/C23H44N2O4.H2O/c1-5-6-7-8-9-10-11-12-13-14-22-24(15-16-25(22)20(4)26)17-21(27)18-29-23(28)19(2)3;/h20-22,26-27H,2,5-18H2,1,3-4H3;1H2. The predicted molar refractivity (Wildman–Crippen MR) is 118 cm³/mol. The first-order valence-electron chi connectivity index (χ1n) is 11.6. The van der Waals surface area contributed by atoms with Crippen molar-refractivity contribution in [3.05, 3.63) is 12.2 Å². The molecule has 0 amide bonds. The van der Waals surface area contributed by atoms with Crippen LogP contribution in [-0.2, 0) is 9.53 Å². The molecule has 4 N–H and O–H groups in total. The van der Waals surface area contributed by atoms with Crippen LogP contribution in [0.1, 0.15) is 85.0 Å². The second kappa shape index (κ2) is 16.7. The van der Waals surface area contributed by atoms with Crippen LogP contribution in [0.5, 0.6) is 0 Å². The van der Waals surface area contributed by atoms with Crippen molar-refractivity contribution in [3.8, 4) is 0 Å². The minimum Gasteiger partial charge on any atom is -0.870 e. The summed E-state index contributed by atoms with van der Waals surface area (Å²) in [4.78, 5) is 14.9. The number of esters is 1. The molecular formula is C23H46N2O5. The number of aliphatic hydroxyl groups excluding tert-OH is 2. The van der Waals surface area contributed by atoms with E-state index in [1.807, 2.05) is 6.92 Å². The average molecular weight is 431 g/mol. The van der Waals surface area contributed by atoms with Crippen LogP contribution in [-0.4, -0.2) is 71.3 Å². The van der Waals surface area contributed by atoms with E-state index in [-0.39, 0.29) is 18.2 Å². The summed E-state index contributed by atoms with van der Waals surface area (Å²) in [5.74, 6) is -0.465. The van der Waals surface area contributed by atoms with Gasteiger partial charge in [-0.1, -0.05) is 64.9 Å². The summed E-state index contributed by atoms with van der Waals surface area (Å²) in [6, 6.07) is 0. The third-order valence-corrected chi connectivity index (χ3v) is 5.87. The van der Waals surface area contributed by atoms with Crippen LogP contribution >= 0.6 is 0 Å². The van der Waals surface area contributed by atoms with E-state index in [1.54, 1.807) is 6.92 Å². The van der Waals surface area contributed by atoms with E-state index in [0.717, 1.165) is 25.9 Å². The number of quaternary nitrogens is 1. The number of hydrogen-bond donors (Lipinski definition) is 3. The normalized spacial score (nSPS) is 21.1. The van der Waals surface area contributed by atoms with E-state index in [4.69, 9.17) is 4.74 Å². The van der Waals surface area contributed by atoms with E-state index in [0.29, 0.717) is 12.1 Å². The highest BCUT2D eigenvalue weighted by molar-refractivity contribution is 5.86. The van der Waals surface area contributed by atoms with Gasteiger partial charge in [-0.05, 0) is 13.3 Å². The van der Waals surface area contributed by atoms with E-state index in [9.17, 15) is 15.0 Å². The number of rotatable bonds is 16. The summed E-state index contributed by atoms with van der Waals surface area (Å²) in [5, 5.41) is 20.4. The summed E-state index contributed by atoms with van der Waals surface area (Å²) >= 11 is 0. The summed E-state index contributed by atoms with van der Waals surface area (Å²) in [7, 11) is 0. The van der Waals surface area contributed by atoms with E-state index < -0.39 is 18.3 Å². The van der Waals surface area contributed by atoms with Gasteiger partial charge >= 0.3 is 5.97 Å². The van der Waals surface area contributed by atoms with Crippen molar-refractivity contribution in [2.45, 2.75) is 103 Å². The number of carbonyl (C=O) groups is 1. The molecule has 0 aromatic rings. The van der Waals surface area contributed by atoms with Crippen molar-refractivity contribution < 1.29 is 30.1 Å². The van der Waals surface area contributed by atoms with Crippen LogP contribution in [0.3, 0.4) is 0 Å². The molecule has 1 rings (SSSR count). The SMILES string of the molecule is C=C(C)C(=O)OCC(O)CN1CC[NH+](C(C)O)C1CCCCCCCCCCC.[OH-]. The highest BCUT2D eigenvalue weighted by atomic mass is 16.5. The fraction of sp³-hybridized carbons (Fsp3) is 0.870. The Kier molecular flexibility index (Phi) is 16.1. The quantitative estimate of drug-likeness (QED) is 0.197. The fourth-order valence-electron chi connectivity index (χ4n) is 4.17. The second-order valence-electron chi connectivity index (χ2n) is 8.66. The van der Waals surface area contributed by atoms with Crippen molar-refractivity contribution in [1.29, 1.82) is 0 Å². The lowest BCUT2D eigenvalue weighted by atomic mass is 10.1. The Bertz CT molecular complexity index is 473. The molecule has 30 heavy (non-hydrogen) atoms. The van der Waals surface area contributed by atoms with Crippen molar-refractivity contribution in [2.24, 2.45) is 0 Å². The fourth-order valence-corrected chi connectivity index (χ4v) is 4.17. The Morgan fingerprint density at radius 1 is 1.13 bits per heavy atom. The number of nitrogens with zero attached hydrogens (tertiary/aromatic N) is 1. The van der Waals surface area contributed by atoms with Gasteiger partial charge in [-0.25, -0.2) is 9.69 Å². The van der Waals surface area contributed by atoms with Crippen LogP contribution in [0, 0.1) is 0 Å². The molecule has 0 saturated carbocycles. The molecule has 178 valence electrons. The molecule has 0 aliphatic carbocycles. The van der Waals surface area contributed by atoms with E-state index in [1.165, 1.54) is 56.3 Å². The molecular weight excluding hydrogens is 384 g/mol. The third kappa shape index (κ3) is 11.4. The number of β-amino-alcohol motifs (C(OH)–C–C–N with tert-alkyl or cyclic N) is 1. The van der Waals surface area contributed by atoms with Crippen LogP contribution in [0.4, 0.5) is 0 Å². The Morgan fingerprint density at radius 3 is 2.23 bits per heavy atom. The summed E-state index contributed by atoms with van der Waals surface area (Å²) in [5.41, 5.74) is 0.339. The molecule has 1 aliphatic rings. The lowest BCUT2D eigenvalue weighted by Gasteiger charge is -2.30. The minimum absolute atomic E-state index is 0. The number of unbranched alkanes of at least 4 members (excludes halogenated alkanes) is 8. The zero-order valence-electron chi connectivity index (χ0n) is 19.4. The number of aliphatic hydroxyl groups is 2. The predicted octanol–water partition coefficient (Wildman–Crippen LogP) is 2.08. The molecule has 0 bridgehead atoms. The molecule has 0 aromatic heterocycles. The molecule has 1 aliphatic heterocycles. The van der Waals surface area contributed by atoms with Gasteiger partial charge in [0, 0.05) is 25.5 Å². The molecule has 1 heterocycles. The first-order chi connectivity index (χ1) is 13.9. The van der Waals surface area contributed by atoms with E-state index in [2.05, 4.69) is 18.4 Å². The molecule has 7 nitrogen and oxygen atoms in total. The summed E-state index contributed by atoms with van der Waals surface area (Å²) in [6.45, 7) is 11.4. The summed E-state index contributed by atoms with van der Waals surface area (Å²) < 4.78 is 5.07. The Morgan fingerprint density at radius 2 is 1.70 bits per heavy atom. The minimum atomic E-state index is -0.725. The van der Waals surface area contributed by atoms with Gasteiger partial charge in [0.25, 0.3) is 0 Å². The van der Waals surface area contributed by atoms with Gasteiger partial charge in [-0.3, -0.25) is 4.90 Å². The smallest absolute Gasteiger partial charge is 0.333 e. The lowest BCUT2D eigenvalue weighted by Crippen LogP contribution is -3.18. The lowest BCUT2D eigenvalue weighted by molar-refractivity contribution is -0.962. The van der Waals surface area contributed by atoms with Crippen molar-refractivity contribution >= 4 is 5.97 Å². The van der Waals surface area contributed by atoms with Crippen molar-refractivity contribution in [1.82, 2.24) is 4.90 Å². The third-order valence-electron chi connectivity index (χ3n) is 5.87. The second-order valence-corrected chi connectivity index (χ2v) is 8.66. The first kappa shape index (κ1) is 29.0. The number of ether oxygens (including phenoxy) is 1. The zero-order valence-corrected chi connectivity index (χ0v) is 19.4. The van der Waals surface area contributed by atoms with Gasteiger partial charge in [-0.15, -0.1) is 0 Å². The molecule has 1 saturated heterocycles. The number of carbonyl (C=O) groups excluding carboxylic acids is 1. The molecule has 0 spiro atoms. The van der Waals surface area contributed by atoms with Crippen molar-refractivity contribution in [2.75, 3.05) is 26.2 Å². The topological polar surface area (TPSA) is 104 Å². The number of hydrogen-bond acceptors (Lipinski definition) is 6. The zero-order chi connectivity index (χ0) is 21.6. The number of nitrogens with one attached hydrogen (secondary N) is 1. The van der Waals surface area contributed by atoms with Gasteiger partial charge in [0.15, 0.2) is 6.23 Å². The van der Waals surface area contributed by atoms with Crippen LogP contribution < -0.4 is 4.90 Å². The maximum Gasteiger partial charge on any atom is 0.333 e. The monoisotopic (exact) mass is 430 g/mol. The molecule has 1 fully saturated rings. The molecule has 0 radical (unpaired) electrons. The Hall–Kier alpha value is -0.990. The van der Waals surface area contributed by atoms with E-state index >= 15 is 0 Å². The molecule has 0 aromatic carbocycles. The average Bonchev–Trinajstić information content (AvgIpc) is 3.07. The maximum atomic E-state index is 11.5. The van der Waals surface area contributed by atoms with Gasteiger partial charge in [0.05, 0.1) is 13.1 Å². The molecule has 4 atom stereocenters. The van der Waals surface area contributed by atoms with Gasteiger partial charge < -0.3 is 20.4 Å². The van der Waals surface area contributed by atoms with Gasteiger partial charge in [0.1, 0.15) is 18.9 Å². The van der Waals surface area contributed by atoms with Gasteiger partial charge in [-0.2, -0.15) is 0 Å². The maximum absolute atomic E-state index is 11.5. The molecule has 7 heteroatoms. The summed E-state index contributed by atoms with van der Waals surface area (Å²) in [6.07, 6.45) is 11.8. The van der Waals surface area contributed by atoms with Crippen LogP contribution in [0.25, 0.3) is 0 Å². The Labute approximate surface area is 183 Å². The highest BCUT2D eigenvalue weighted by Gasteiger charge is 2.38. The van der Waals surface area contributed by atoms with Crippen LogP contribution in [0.2, 0.25) is 0 Å².